The average Bonchev–Trinajstić information content (AvgIpc) is 2.39. The third-order valence-electron chi connectivity index (χ3n) is 3.58. The highest BCUT2D eigenvalue weighted by Crippen LogP contribution is 2.18. The van der Waals surface area contributed by atoms with E-state index >= 15 is 0 Å². The van der Waals surface area contributed by atoms with Crippen LogP contribution in [0.2, 0.25) is 0 Å². The molecule has 1 atom stereocenters. The van der Waals surface area contributed by atoms with E-state index in [9.17, 15) is 4.79 Å². The first-order valence-corrected chi connectivity index (χ1v) is 6.84. The fraction of sp³-hybridized carbons (Fsp3) is 0.571. The SMILES string of the molecule is CN1CCC[C@H](CCNc2cccc(C(N)=O)n2)C1. The summed E-state index contributed by atoms with van der Waals surface area (Å²) in [5.41, 5.74) is 5.52. The van der Waals surface area contributed by atoms with Crippen LogP contribution in [0.1, 0.15) is 29.8 Å². The molecule has 19 heavy (non-hydrogen) atoms. The number of rotatable bonds is 5. The van der Waals surface area contributed by atoms with Gasteiger partial charge in [0.05, 0.1) is 0 Å². The Bertz CT molecular complexity index is 435. The predicted molar refractivity (Wildman–Crippen MR) is 76.1 cm³/mol. The molecule has 2 heterocycles. The van der Waals surface area contributed by atoms with Crippen LogP contribution in [0.15, 0.2) is 18.2 Å². The summed E-state index contributed by atoms with van der Waals surface area (Å²) in [5, 5.41) is 3.26. The third-order valence-corrected chi connectivity index (χ3v) is 3.58. The zero-order valence-electron chi connectivity index (χ0n) is 11.4. The molecular formula is C14H22N4O. The minimum absolute atomic E-state index is 0.308. The molecule has 3 N–H and O–H groups in total. The van der Waals surface area contributed by atoms with Crippen LogP contribution in [-0.4, -0.2) is 42.5 Å². The van der Waals surface area contributed by atoms with E-state index in [1.54, 1.807) is 12.1 Å². The number of anilines is 1. The molecule has 1 aromatic heterocycles. The number of nitrogens with two attached hydrogens (primary N) is 1. The summed E-state index contributed by atoms with van der Waals surface area (Å²) < 4.78 is 0. The van der Waals surface area contributed by atoms with E-state index in [-0.39, 0.29) is 0 Å². The number of primary amides is 1. The van der Waals surface area contributed by atoms with Crippen LogP contribution in [0.4, 0.5) is 5.82 Å². The van der Waals surface area contributed by atoms with Gasteiger partial charge in [-0.05, 0) is 50.9 Å². The van der Waals surface area contributed by atoms with Crippen LogP contribution >= 0.6 is 0 Å². The number of amides is 1. The van der Waals surface area contributed by atoms with Crippen molar-refractivity contribution in [1.29, 1.82) is 0 Å². The molecular weight excluding hydrogens is 240 g/mol. The summed E-state index contributed by atoms with van der Waals surface area (Å²) in [5.74, 6) is 0.989. The summed E-state index contributed by atoms with van der Waals surface area (Å²) in [7, 11) is 2.18. The van der Waals surface area contributed by atoms with Gasteiger partial charge in [-0.15, -0.1) is 0 Å². The van der Waals surface area contributed by atoms with Crippen LogP contribution in [-0.2, 0) is 0 Å². The Labute approximate surface area is 114 Å². The molecule has 0 unspecified atom stereocenters. The molecule has 1 aliphatic heterocycles. The Hall–Kier alpha value is -1.62. The van der Waals surface area contributed by atoms with Gasteiger partial charge in [0.2, 0.25) is 0 Å². The second-order valence-corrected chi connectivity index (χ2v) is 5.26. The van der Waals surface area contributed by atoms with Crippen molar-refractivity contribution in [2.24, 2.45) is 11.7 Å². The minimum atomic E-state index is -0.488. The fourth-order valence-electron chi connectivity index (χ4n) is 2.58. The molecule has 1 aliphatic rings. The lowest BCUT2D eigenvalue weighted by atomic mass is 9.95. The second-order valence-electron chi connectivity index (χ2n) is 5.26. The van der Waals surface area contributed by atoms with E-state index in [2.05, 4.69) is 22.2 Å². The van der Waals surface area contributed by atoms with Crippen molar-refractivity contribution >= 4 is 11.7 Å². The number of carbonyl (C=O) groups excluding carboxylic acids is 1. The van der Waals surface area contributed by atoms with E-state index in [0.717, 1.165) is 24.7 Å². The highest BCUT2D eigenvalue weighted by atomic mass is 16.1. The number of hydrogen-bond acceptors (Lipinski definition) is 4. The van der Waals surface area contributed by atoms with Gasteiger partial charge in [-0.2, -0.15) is 0 Å². The predicted octanol–water partition coefficient (Wildman–Crippen LogP) is 1.32. The summed E-state index contributed by atoms with van der Waals surface area (Å²) in [6, 6.07) is 5.28. The van der Waals surface area contributed by atoms with Gasteiger partial charge in [-0.1, -0.05) is 6.07 Å². The Balaban J connectivity index is 1.79. The Morgan fingerprint density at radius 2 is 2.42 bits per heavy atom. The number of hydrogen-bond donors (Lipinski definition) is 2. The van der Waals surface area contributed by atoms with Gasteiger partial charge in [0, 0.05) is 13.1 Å². The number of nitrogens with one attached hydrogen (secondary N) is 1. The van der Waals surface area contributed by atoms with Crippen molar-refractivity contribution in [2.75, 3.05) is 32.0 Å². The van der Waals surface area contributed by atoms with Crippen molar-refractivity contribution in [3.63, 3.8) is 0 Å². The number of nitrogens with zero attached hydrogens (tertiary/aromatic N) is 2. The number of aromatic nitrogens is 1. The fourth-order valence-corrected chi connectivity index (χ4v) is 2.58. The van der Waals surface area contributed by atoms with E-state index in [1.165, 1.54) is 25.9 Å². The molecule has 5 heteroatoms. The highest BCUT2D eigenvalue weighted by Gasteiger charge is 2.16. The monoisotopic (exact) mass is 262 g/mol. The molecule has 2 rings (SSSR count). The van der Waals surface area contributed by atoms with Crippen LogP contribution in [0, 0.1) is 5.92 Å². The maximum absolute atomic E-state index is 11.0. The molecule has 5 nitrogen and oxygen atoms in total. The lowest BCUT2D eigenvalue weighted by Crippen LogP contribution is -2.32. The van der Waals surface area contributed by atoms with Gasteiger partial charge in [0.1, 0.15) is 11.5 Å². The molecule has 104 valence electrons. The quantitative estimate of drug-likeness (QED) is 0.839. The first-order valence-electron chi connectivity index (χ1n) is 6.84. The highest BCUT2D eigenvalue weighted by molar-refractivity contribution is 5.91. The van der Waals surface area contributed by atoms with Gasteiger partial charge in [0.25, 0.3) is 5.91 Å². The van der Waals surface area contributed by atoms with Crippen molar-refractivity contribution in [3.05, 3.63) is 23.9 Å². The normalized spacial score (nSPS) is 20.2. The molecule has 0 radical (unpaired) electrons. The Morgan fingerprint density at radius 1 is 1.58 bits per heavy atom. The number of likely N-dealkylation sites (tertiary alicyclic amines) is 1. The second kappa shape index (κ2) is 6.52. The van der Waals surface area contributed by atoms with Crippen LogP contribution in [0.5, 0.6) is 0 Å². The van der Waals surface area contributed by atoms with Gasteiger partial charge < -0.3 is 16.0 Å². The largest absolute Gasteiger partial charge is 0.370 e. The number of pyridine rings is 1. The smallest absolute Gasteiger partial charge is 0.267 e. The summed E-state index contributed by atoms with van der Waals surface area (Å²) in [6.45, 7) is 3.27. The molecule has 1 aromatic rings. The molecule has 0 aliphatic carbocycles. The van der Waals surface area contributed by atoms with E-state index < -0.39 is 5.91 Å². The number of piperidine rings is 1. The van der Waals surface area contributed by atoms with E-state index in [0.29, 0.717) is 5.69 Å². The molecule has 0 spiro atoms. The molecule has 0 saturated carbocycles. The molecule has 0 bridgehead atoms. The molecule has 1 amide bonds. The van der Waals surface area contributed by atoms with E-state index in [4.69, 9.17) is 5.73 Å². The molecule has 0 aromatic carbocycles. The average molecular weight is 262 g/mol. The lowest BCUT2D eigenvalue weighted by molar-refractivity contribution is 0.0995. The van der Waals surface area contributed by atoms with Crippen molar-refractivity contribution in [1.82, 2.24) is 9.88 Å². The van der Waals surface area contributed by atoms with Crippen molar-refractivity contribution in [3.8, 4) is 0 Å². The number of carbonyl (C=O) groups is 1. The van der Waals surface area contributed by atoms with Crippen molar-refractivity contribution in [2.45, 2.75) is 19.3 Å². The first-order chi connectivity index (χ1) is 9.15. The zero-order valence-corrected chi connectivity index (χ0v) is 11.4. The Kier molecular flexibility index (Phi) is 4.74. The summed E-state index contributed by atoms with van der Waals surface area (Å²) in [6.07, 6.45) is 3.73. The van der Waals surface area contributed by atoms with Crippen LogP contribution < -0.4 is 11.1 Å². The van der Waals surface area contributed by atoms with Gasteiger partial charge >= 0.3 is 0 Å². The molecule has 1 saturated heterocycles. The zero-order chi connectivity index (χ0) is 13.7. The first kappa shape index (κ1) is 13.8. The standard InChI is InChI=1S/C14H22N4O/c1-18-9-3-4-11(10-18)7-8-16-13-6-2-5-12(17-13)14(15)19/h2,5-6,11H,3-4,7-10H2,1H3,(H2,15,19)(H,16,17)/t11-/m1/s1. The van der Waals surface area contributed by atoms with E-state index in [1.807, 2.05) is 6.07 Å². The van der Waals surface area contributed by atoms with Gasteiger partial charge in [-0.25, -0.2) is 4.98 Å². The Morgan fingerprint density at radius 3 is 3.16 bits per heavy atom. The minimum Gasteiger partial charge on any atom is -0.370 e. The lowest BCUT2D eigenvalue weighted by Gasteiger charge is -2.29. The maximum atomic E-state index is 11.0. The third kappa shape index (κ3) is 4.21. The summed E-state index contributed by atoms with van der Waals surface area (Å²) >= 11 is 0. The molecule has 1 fully saturated rings. The van der Waals surface area contributed by atoms with Crippen LogP contribution in [0.25, 0.3) is 0 Å². The van der Waals surface area contributed by atoms with Gasteiger partial charge in [0.15, 0.2) is 0 Å². The topological polar surface area (TPSA) is 71.2 Å². The van der Waals surface area contributed by atoms with Gasteiger partial charge in [-0.3, -0.25) is 4.79 Å². The van der Waals surface area contributed by atoms with Crippen LogP contribution in [0.3, 0.4) is 0 Å². The maximum Gasteiger partial charge on any atom is 0.267 e. The summed E-state index contributed by atoms with van der Waals surface area (Å²) in [4.78, 5) is 17.6. The van der Waals surface area contributed by atoms with Crippen molar-refractivity contribution < 1.29 is 4.79 Å².